The van der Waals surface area contributed by atoms with Crippen molar-refractivity contribution in [2.45, 2.75) is 129 Å². The molecule has 8 aromatic carbocycles. The lowest BCUT2D eigenvalue weighted by molar-refractivity contribution is -0.571. The Morgan fingerprint density at radius 2 is 1.27 bits per heavy atom. The molecule has 0 aliphatic heterocycles. The molecule has 0 saturated carbocycles. The Hall–Kier alpha value is -8.02. The van der Waals surface area contributed by atoms with Crippen molar-refractivity contribution in [3.05, 3.63) is 222 Å². The second-order valence-corrected chi connectivity index (χ2v) is 20.9. The molecule has 394 valence electrons. The predicted molar refractivity (Wildman–Crippen MR) is 328 cm³/mol. The first-order chi connectivity index (χ1) is 55.0. The molecule has 0 spiro atoms. The molecule has 2 aliphatic carbocycles. The molecule has 2 aliphatic rings. The minimum Gasteiger partial charge on any atom is -0.458 e. The van der Waals surface area contributed by atoms with E-state index < -0.39 is 236 Å². The zero-order valence-electron chi connectivity index (χ0n) is 84.4. The molecular formula is C74H72N4O. The van der Waals surface area contributed by atoms with E-state index in [1.54, 1.807) is 24.4 Å². The van der Waals surface area contributed by atoms with E-state index in [4.69, 9.17) is 46.7 Å². The Morgan fingerprint density at radius 3 is 1.99 bits per heavy atom. The van der Waals surface area contributed by atoms with Gasteiger partial charge in [0, 0.05) is 65.5 Å². The number of hydrogen-bond donors (Lipinski definition) is 0. The summed E-state index contributed by atoms with van der Waals surface area (Å²) in [6, 6.07) is 12.1. The Labute approximate surface area is 526 Å². The monoisotopic (exact) mass is 1070 g/mol. The molecule has 5 nitrogen and oxygen atoms in total. The second kappa shape index (κ2) is 18.0. The van der Waals surface area contributed by atoms with Crippen LogP contribution in [0.4, 0.5) is 0 Å². The van der Waals surface area contributed by atoms with Crippen LogP contribution in [0.15, 0.2) is 182 Å². The van der Waals surface area contributed by atoms with Crippen LogP contribution in [0.2, 0.25) is 0 Å². The van der Waals surface area contributed by atoms with E-state index in [9.17, 15) is 20.6 Å². The van der Waals surface area contributed by atoms with Gasteiger partial charge >= 0.3 is 0 Å². The topological polar surface area (TPSA) is 35.9 Å². The lowest BCUT2D eigenvalue weighted by atomic mass is 9.63. The molecule has 0 atom stereocenters. The van der Waals surface area contributed by atoms with Crippen molar-refractivity contribution >= 4 is 32.8 Å². The van der Waals surface area contributed by atoms with E-state index in [0.29, 0.717) is 23.5 Å². The van der Waals surface area contributed by atoms with Gasteiger partial charge in [0.05, 0.1) is 48.5 Å². The Bertz CT molecular complexity index is 6080. The summed E-state index contributed by atoms with van der Waals surface area (Å²) in [5, 5.41) is 1.60. The summed E-state index contributed by atoms with van der Waals surface area (Å²) in [6.07, 6.45) is -7.14. The quantitative estimate of drug-likeness (QED) is 0.112. The highest BCUT2D eigenvalue weighted by atomic mass is 16.5. The molecular weight excluding hydrogens is 961 g/mol. The molecule has 0 fully saturated rings. The Morgan fingerprint density at radius 1 is 0.595 bits per heavy atom. The van der Waals surface area contributed by atoms with Gasteiger partial charge < -0.3 is 4.74 Å². The zero-order chi connectivity index (χ0) is 90.6. The smallest absolute Gasteiger partial charge is 0.269 e. The van der Waals surface area contributed by atoms with E-state index in [1.165, 1.54) is 30.3 Å². The largest absolute Gasteiger partial charge is 0.458 e. The molecule has 0 unspecified atom stereocenters. The maximum Gasteiger partial charge on any atom is 0.269 e. The van der Waals surface area contributed by atoms with E-state index in [2.05, 4.69) is 6.33 Å². The van der Waals surface area contributed by atoms with E-state index >= 15 is 0 Å². The van der Waals surface area contributed by atoms with Crippen molar-refractivity contribution in [1.29, 1.82) is 0 Å². The summed E-state index contributed by atoms with van der Waals surface area (Å²) in [7, 11) is 0. The van der Waals surface area contributed by atoms with Crippen LogP contribution in [-0.2, 0) is 27.1 Å². The maximum atomic E-state index is 10.6. The summed E-state index contributed by atoms with van der Waals surface area (Å²) in [5.74, 6) is 0.727. The average molecular weight is 1080 g/mol. The molecule has 5 heteroatoms. The fourth-order valence-electron chi connectivity index (χ4n) is 10.5. The van der Waals surface area contributed by atoms with Gasteiger partial charge in [-0.2, -0.15) is 0 Å². The van der Waals surface area contributed by atoms with Gasteiger partial charge in [-0.15, -0.1) is 0 Å². The number of aryl methyl sites for hydroxylation is 1. The number of fused-ring (bicyclic) bond motifs is 6. The standard InChI is InChI=1S/C74H72N4O/c1-47-37-58(50-25-30-60-62(39-50)72(7,8)35-34-71(60,5)6)69(59(38-47)51-26-31-61-63(40-51)74(11,12)45-73(61,9)10)77-46-76(67-41-49(27-32-65(67)77)48-19-14-13-15-20-48)53-21-18-22-54(43-53)79-55-28-29-57-56-23-16-17-24-64(56)78(66(57)44-55)68-42-52(33-36-75-68)70(2,3)4/h13-33,36-44H,34-35,45H2,1-12H3/i1D3,5D3,6D3,7D3,8D3,9D3,10D3,11D3,12D3,13D,14D,15D,19D,20D,25D,26D,30D,31D,34D2,35D2,39D,40D. The molecule has 0 N–H and O–H groups in total. The highest BCUT2D eigenvalue weighted by Crippen LogP contribution is 2.52. The number of benzene rings is 8. The van der Waals surface area contributed by atoms with Gasteiger partial charge in [-0.25, -0.2) is 4.98 Å². The number of rotatable bonds is 8. The Balaban J connectivity index is 1.26. The van der Waals surface area contributed by atoms with Crippen LogP contribution < -0.4 is 9.30 Å². The van der Waals surface area contributed by atoms with Gasteiger partial charge in [-0.05, 0) is 169 Å². The fourth-order valence-corrected chi connectivity index (χ4v) is 10.5. The molecule has 79 heavy (non-hydrogen) atoms. The zero-order valence-corrected chi connectivity index (χ0v) is 42.4. The van der Waals surface area contributed by atoms with Crippen LogP contribution in [0.5, 0.6) is 11.5 Å². The van der Waals surface area contributed by atoms with Gasteiger partial charge in [0.15, 0.2) is 0 Å². The highest BCUT2D eigenvalue weighted by molar-refractivity contribution is 6.09. The first kappa shape index (κ1) is 22.3. The van der Waals surface area contributed by atoms with Gasteiger partial charge in [-0.3, -0.25) is 13.7 Å². The maximum absolute atomic E-state index is 10.6. The van der Waals surface area contributed by atoms with Crippen molar-refractivity contribution < 1.29 is 66.9 Å². The minimum absolute atomic E-state index is 0.00787. The van der Waals surface area contributed by atoms with Crippen LogP contribution >= 0.6 is 0 Å². The fraction of sp³-hybridized carbons (Fsp3) is 0.270. The molecule has 11 aromatic rings. The van der Waals surface area contributed by atoms with Gasteiger partial charge in [-0.1, -0.05) is 196 Å². The summed E-state index contributed by atoms with van der Waals surface area (Å²) in [5.41, 5.74) is -31.6. The molecule has 3 heterocycles. The third-order valence-electron chi connectivity index (χ3n) is 14.3. The average Bonchev–Trinajstić information content (AvgIpc) is 1.38. The van der Waals surface area contributed by atoms with E-state index in [1.807, 2.05) is 61.7 Å². The first-order valence-electron chi connectivity index (χ1n) is 45.8. The molecule has 0 saturated heterocycles. The van der Waals surface area contributed by atoms with Crippen LogP contribution in [0.1, 0.15) is 186 Å². The molecule has 0 radical (unpaired) electrons. The second-order valence-electron chi connectivity index (χ2n) is 20.9. The predicted octanol–water partition coefficient (Wildman–Crippen LogP) is 18.9. The summed E-state index contributed by atoms with van der Waals surface area (Å²) in [6.45, 7) is -32.8. The number of para-hydroxylation sites is 1. The number of hydrogen-bond acceptors (Lipinski definition) is 2. The first-order valence-corrected chi connectivity index (χ1v) is 24.8. The molecule has 3 aromatic heterocycles. The Kier molecular flexibility index (Phi) is 5.07. The lowest BCUT2D eigenvalue weighted by Crippen LogP contribution is -2.34. The minimum atomic E-state index is -4.97. The van der Waals surface area contributed by atoms with Crippen molar-refractivity contribution in [2.24, 2.45) is 0 Å². The number of ether oxygens (including phenoxy) is 1. The third kappa shape index (κ3) is 8.59. The summed E-state index contributed by atoms with van der Waals surface area (Å²) >= 11 is 0. The number of imidazole rings is 1. The summed E-state index contributed by atoms with van der Waals surface area (Å²) in [4.78, 5) is 4.77. The van der Waals surface area contributed by atoms with Gasteiger partial charge in [0.2, 0.25) is 0 Å². The van der Waals surface area contributed by atoms with Crippen LogP contribution in [0.25, 0.3) is 83.4 Å². The molecule has 0 amide bonds. The van der Waals surface area contributed by atoms with E-state index in [0.717, 1.165) is 43.1 Å². The number of aromatic nitrogens is 4. The van der Waals surface area contributed by atoms with Crippen molar-refractivity contribution in [2.75, 3.05) is 0 Å². The van der Waals surface area contributed by atoms with Crippen molar-refractivity contribution in [3.8, 4) is 62.1 Å². The normalized spacial score (nSPS) is 26.6. The van der Waals surface area contributed by atoms with Gasteiger partial charge in [0.1, 0.15) is 17.3 Å². The van der Waals surface area contributed by atoms with Gasteiger partial charge in [0.25, 0.3) is 6.33 Å². The SMILES string of the molecule is [2H]c1c([2H])c([2H])c(-c2ccc3c(c2)n(-c2cccc(Oc4ccc5c6ccccc6n(-c6cc(C(C)(C)C)ccn6)c5c4)c2)[c-][n+]3-c2c(-c3c([2H])c([2H])c4c(c3[2H])C(C([2H])([2H])[2H])(C([2H])([2H])[2H])CC4(C([2H])([2H])[2H])C([2H])([2H])[2H])cc(C([2H])([2H])[2H])cc2-c2c([2H])c([2H])c3c(c2[2H])C(C([2H])([2H])[2H])(C([2H])([2H])[2H])C([2H])([2H])C([2H])([2H])C3(C([2H])([2H])[2H])C([2H])([2H])[2H])c([2H])c1[2H]. The third-order valence-corrected chi connectivity index (χ3v) is 14.3. The van der Waals surface area contributed by atoms with Crippen LogP contribution in [0, 0.1) is 13.2 Å². The molecule has 0 bridgehead atoms. The summed E-state index contributed by atoms with van der Waals surface area (Å²) < 4.78 is 399. The number of pyridine rings is 1. The van der Waals surface area contributed by atoms with Crippen molar-refractivity contribution in [1.82, 2.24) is 14.1 Å². The molecule has 13 rings (SSSR count). The highest BCUT2D eigenvalue weighted by Gasteiger charge is 2.42. The number of nitrogens with zero attached hydrogens (tertiary/aromatic N) is 4. The van der Waals surface area contributed by atoms with E-state index in [-0.39, 0.29) is 33.7 Å². The van der Waals surface area contributed by atoms with Crippen LogP contribution in [0.3, 0.4) is 0 Å². The van der Waals surface area contributed by atoms with Crippen molar-refractivity contribution in [3.63, 3.8) is 0 Å². The lowest BCUT2D eigenvalue weighted by Gasteiger charge is -2.42. The van der Waals surface area contributed by atoms with Crippen LogP contribution in [-0.4, -0.2) is 14.1 Å².